The maximum absolute atomic E-state index is 12.3. The summed E-state index contributed by atoms with van der Waals surface area (Å²) in [7, 11) is 0. The first-order valence-electron chi connectivity index (χ1n) is 11.4. The maximum atomic E-state index is 12.3. The minimum absolute atomic E-state index is 0.101. The van der Waals surface area contributed by atoms with Crippen LogP contribution < -0.4 is 10.1 Å². The van der Waals surface area contributed by atoms with Gasteiger partial charge >= 0.3 is 5.97 Å². The van der Waals surface area contributed by atoms with E-state index in [1.54, 1.807) is 24.3 Å². The Morgan fingerprint density at radius 2 is 1.62 bits per heavy atom. The SMILES string of the molecule is CCC(C)(C)c1ccc(Oc2ccc(NC(=O)COC(=O)C3CC4C=CC3C4)cc2)cc1. The van der Waals surface area contributed by atoms with Crippen LogP contribution >= 0.6 is 0 Å². The van der Waals surface area contributed by atoms with Crippen LogP contribution in [0.15, 0.2) is 60.7 Å². The van der Waals surface area contributed by atoms with Gasteiger partial charge in [0, 0.05) is 5.69 Å². The van der Waals surface area contributed by atoms with E-state index in [9.17, 15) is 9.59 Å². The summed E-state index contributed by atoms with van der Waals surface area (Å²) in [5.41, 5.74) is 2.05. The molecule has 1 saturated carbocycles. The predicted octanol–water partition coefficient (Wildman–Crippen LogP) is 5.86. The number of rotatable bonds is 8. The fourth-order valence-electron chi connectivity index (χ4n) is 4.41. The molecule has 3 unspecified atom stereocenters. The Morgan fingerprint density at radius 1 is 0.969 bits per heavy atom. The van der Waals surface area contributed by atoms with Gasteiger partial charge in [0.2, 0.25) is 0 Å². The number of fused-ring (bicyclic) bond motifs is 2. The van der Waals surface area contributed by atoms with E-state index in [2.05, 4.69) is 50.4 Å². The molecule has 0 saturated heterocycles. The van der Waals surface area contributed by atoms with E-state index in [1.165, 1.54) is 5.56 Å². The predicted molar refractivity (Wildman–Crippen MR) is 125 cm³/mol. The summed E-state index contributed by atoms with van der Waals surface area (Å²) in [5, 5.41) is 2.76. The largest absolute Gasteiger partial charge is 0.457 e. The molecule has 1 fully saturated rings. The third-order valence-corrected chi connectivity index (χ3v) is 6.82. The van der Waals surface area contributed by atoms with Crippen molar-refractivity contribution in [2.45, 2.75) is 45.4 Å². The highest BCUT2D eigenvalue weighted by Crippen LogP contribution is 2.43. The van der Waals surface area contributed by atoms with Crippen LogP contribution in [-0.2, 0) is 19.7 Å². The average molecular weight is 434 g/mol. The van der Waals surface area contributed by atoms with Gasteiger partial charge in [-0.05, 0) is 78.5 Å². The molecule has 1 amide bonds. The van der Waals surface area contributed by atoms with E-state index in [0.29, 0.717) is 17.4 Å². The molecular weight excluding hydrogens is 402 g/mol. The van der Waals surface area contributed by atoms with Gasteiger partial charge in [-0.15, -0.1) is 0 Å². The number of anilines is 1. The van der Waals surface area contributed by atoms with E-state index in [1.807, 2.05) is 12.1 Å². The molecule has 168 valence electrons. The lowest BCUT2D eigenvalue weighted by Crippen LogP contribution is -2.26. The molecule has 2 aromatic rings. The molecule has 2 aromatic carbocycles. The van der Waals surface area contributed by atoms with Crippen molar-refractivity contribution < 1.29 is 19.1 Å². The van der Waals surface area contributed by atoms with Crippen molar-refractivity contribution in [1.29, 1.82) is 0 Å². The number of carbonyl (C=O) groups is 2. The van der Waals surface area contributed by atoms with Crippen molar-refractivity contribution in [3.05, 3.63) is 66.2 Å². The summed E-state index contributed by atoms with van der Waals surface area (Å²) in [6.45, 7) is 6.37. The lowest BCUT2D eigenvalue weighted by molar-refractivity contribution is -0.152. The molecule has 0 radical (unpaired) electrons. The second-order valence-corrected chi connectivity index (χ2v) is 9.43. The summed E-state index contributed by atoms with van der Waals surface area (Å²) in [6, 6.07) is 15.3. The molecule has 5 nitrogen and oxygen atoms in total. The zero-order chi connectivity index (χ0) is 22.7. The summed E-state index contributed by atoms with van der Waals surface area (Å²) in [6.07, 6.45) is 7.21. The number of ether oxygens (including phenoxy) is 2. The first kappa shape index (κ1) is 22.1. The fourth-order valence-corrected chi connectivity index (χ4v) is 4.41. The Morgan fingerprint density at radius 3 is 2.19 bits per heavy atom. The molecule has 0 aliphatic heterocycles. The van der Waals surface area contributed by atoms with Gasteiger partial charge in [-0.3, -0.25) is 9.59 Å². The first-order valence-corrected chi connectivity index (χ1v) is 11.4. The molecule has 4 rings (SSSR count). The van der Waals surface area contributed by atoms with Crippen molar-refractivity contribution in [2.75, 3.05) is 11.9 Å². The third-order valence-electron chi connectivity index (χ3n) is 6.82. The molecule has 0 heterocycles. The van der Waals surface area contributed by atoms with Crippen LogP contribution in [0.2, 0.25) is 0 Å². The van der Waals surface area contributed by atoms with E-state index >= 15 is 0 Å². The molecule has 32 heavy (non-hydrogen) atoms. The molecule has 2 aliphatic carbocycles. The number of allylic oxidation sites excluding steroid dienone is 2. The van der Waals surface area contributed by atoms with Gasteiger partial charge in [0.1, 0.15) is 11.5 Å². The van der Waals surface area contributed by atoms with Gasteiger partial charge in [0.05, 0.1) is 5.92 Å². The van der Waals surface area contributed by atoms with Crippen LogP contribution in [0, 0.1) is 17.8 Å². The molecule has 0 aromatic heterocycles. The van der Waals surface area contributed by atoms with Gasteiger partial charge < -0.3 is 14.8 Å². The highest BCUT2D eigenvalue weighted by molar-refractivity contribution is 5.93. The smallest absolute Gasteiger partial charge is 0.310 e. The maximum Gasteiger partial charge on any atom is 0.310 e. The zero-order valence-corrected chi connectivity index (χ0v) is 19.0. The number of benzene rings is 2. The normalized spacial score (nSPS) is 21.4. The second kappa shape index (κ2) is 9.19. The molecule has 3 atom stereocenters. The second-order valence-electron chi connectivity index (χ2n) is 9.43. The van der Waals surface area contributed by atoms with E-state index in [0.717, 1.165) is 25.0 Å². The van der Waals surface area contributed by atoms with Gasteiger partial charge in [-0.2, -0.15) is 0 Å². The summed E-state index contributed by atoms with van der Waals surface area (Å²) >= 11 is 0. The molecule has 1 N–H and O–H groups in total. The van der Waals surface area contributed by atoms with Crippen LogP contribution in [-0.4, -0.2) is 18.5 Å². The van der Waals surface area contributed by atoms with Crippen LogP contribution in [0.5, 0.6) is 11.5 Å². The summed E-state index contributed by atoms with van der Waals surface area (Å²) in [5.74, 6) is 1.50. The lowest BCUT2D eigenvalue weighted by atomic mass is 9.82. The molecular formula is C27H31NO4. The minimum atomic E-state index is -0.347. The summed E-state index contributed by atoms with van der Waals surface area (Å²) < 4.78 is 11.2. The number of carbonyl (C=O) groups excluding carboxylic acids is 2. The van der Waals surface area contributed by atoms with Gasteiger partial charge in [0.25, 0.3) is 5.91 Å². The minimum Gasteiger partial charge on any atom is -0.457 e. The monoisotopic (exact) mass is 433 g/mol. The lowest BCUT2D eigenvalue weighted by Gasteiger charge is -2.23. The Bertz CT molecular complexity index is 991. The number of amides is 1. The standard InChI is InChI=1S/C27H31NO4/c1-4-27(2,3)20-7-11-22(12-8-20)32-23-13-9-21(10-14-23)28-25(29)17-31-26(30)24-16-18-5-6-19(24)15-18/h5-14,18-19,24H,4,15-17H2,1-3H3,(H,28,29). The molecule has 5 heteroatoms. The van der Waals surface area contributed by atoms with Gasteiger partial charge in [0.15, 0.2) is 6.61 Å². The Kier molecular flexibility index (Phi) is 6.35. The molecule has 2 bridgehead atoms. The van der Waals surface area contributed by atoms with Gasteiger partial charge in [-0.1, -0.05) is 45.1 Å². The zero-order valence-electron chi connectivity index (χ0n) is 19.0. The van der Waals surface area contributed by atoms with Crippen molar-refractivity contribution in [2.24, 2.45) is 17.8 Å². The van der Waals surface area contributed by atoms with Crippen molar-refractivity contribution in [3.8, 4) is 11.5 Å². The Balaban J connectivity index is 1.25. The van der Waals surface area contributed by atoms with Crippen LogP contribution in [0.1, 0.15) is 45.6 Å². The highest BCUT2D eigenvalue weighted by atomic mass is 16.5. The van der Waals surface area contributed by atoms with Crippen molar-refractivity contribution in [1.82, 2.24) is 0 Å². The average Bonchev–Trinajstić information content (AvgIpc) is 3.43. The van der Waals surface area contributed by atoms with E-state index in [-0.39, 0.29) is 35.7 Å². The molecule has 2 aliphatic rings. The van der Waals surface area contributed by atoms with Gasteiger partial charge in [-0.25, -0.2) is 0 Å². The molecule has 0 spiro atoms. The van der Waals surface area contributed by atoms with Crippen LogP contribution in [0.4, 0.5) is 5.69 Å². The number of hydrogen-bond acceptors (Lipinski definition) is 4. The van der Waals surface area contributed by atoms with Crippen molar-refractivity contribution in [3.63, 3.8) is 0 Å². The van der Waals surface area contributed by atoms with E-state index in [4.69, 9.17) is 9.47 Å². The fraction of sp³-hybridized carbons (Fsp3) is 0.407. The highest BCUT2D eigenvalue weighted by Gasteiger charge is 2.40. The topological polar surface area (TPSA) is 64.6 Å². The quantitative estimate of drug-likeness (QED) is 0.418. The van der Waals surface area contributed by atoms with Crippen LogP contribution in [0.3, 0.4) is 0 Å². The number of hydrogen-bond donors (Lipinski definition) is 1. The third kappa shape index (κ3) is 5.04. The summed E-state index contributed by atoms with van der Waals surface area (Å²) in [4.78, 5) is 24.4. The van der Waals surface area contributed by atoms with Crippen LogP contribution in [0.25, 0.3) is 0 Å². The van der Waals surface area contributed by atoms with E-state index < -0.39 is 0 Å². The Hall–Kier alpha value is -3.08. The number of nitrogens with one attached hydrogen (secondary N) is 1. The van der Waals surface area contributed by atoms with Crippen molar-refractivity contribution >= 4 is 17.6 Å². The Labute approximate surface area is 189 Å². The number of esters is 1. The first-order chi connectivity index (χ1) is 15.3.